The number of hydrogen-bond acceptors (Lipinski definition) is 4. The fourth-order valence-corrected chi connectivity index (χ4v) is 4.70. The van der Waals surface area contributed by atoms with Gasteiger partial charge in [-0.25, -0.2) is 0 Å². The van der Waals surface area contributed by atoms with E-state index in [-0.39, 0.29) is 6.04 Å². The summed E-state index contributed by atoms with van der Waals surface area (Å²) in [5.41, 5.74) is 3.88. The lowest BCUT2D eigenvalue weighted by Gasteiger charge is -2.15. The molecule has 1 atom stereocenters. The van der Waals surface area contributed by atoms with Gasteiger partial charge in [0.15, 0.2) is 0 Å². The first-order valence-electron chi connectivity index (χ1n) is 6.05. The molecule has 2 aromatic heterocycles. The second-order valence-corrected chi connectivity index (χ2v) is 7.28. The zero-order chi connectivity index (χ0) is 14.1. The summed E-state index contributed by atoms with van der Waals surface area (Å²) in [5.74, 6) is 5.72. The summed E-state index contributed by atoms with van der Waals surface area (Å²) < 4.78 is 2.59. The molecular formula is C14H12Cl2N2S2. The van der Waals surface area contributed by atoms with Crippen molar-refractivity contribution in [1.29, 1.82) is 0 Å². The fraction of sp³-hybridized carbons (Fsp3) is 0.143. The van der Waals surface area contributed by atoms with Crippen LogP contribution in [-0.4, -0.2) is 0 Å². The molecule has 1 aromatic carbocycles. The molecule has 3 rings (SSSR count). The molecule has 0 bridgehead atoms. The maximum absolute atomic E-state index is 6.24. The Hall–Kier alpha value is -0.620. The predicted octanol–water partition coefficient (Wildman–Crippen LogP) is 5.02. The molecule has 0 amide bonds. The zero-order valence-corrected chi connectivity index (χ0v) is 13.5. The molecule has 20 heavy (non-hydrogen) atoms. The molecular weight excluding hydrogens is 331 g/mol. The molecule has 3 N–H and O–H groups in total. The van der Waals surface area contributed by atoms with Crippen LogP contribution >= 0.6 is 45.9 Å². The smallest absolute Gasteiger partial charge is 0.0625 e. The molecule has 0 saturated carbocycles. The Morgan fingerprint density at radius 2 is 2.05 bits per heavy atom. The van der Waals surface area contributed by atoms with E-state index in [1.54, 1.807) is 28.7 Å². The first-order valence-corrected chi connectivity index (χ1v) is 8.50. The fourth-order valence-electron chi connectivity index (χ4n) is 2.12. The van der Waals surface area contributed by atoms with Crippen LogP contribution in [0.1, 0.15) is 16.5 Å². The molecule has 1 unspecified atom stereocenters. The molecule has 2 heterocycles. The second-order valence-electron chi connectivity index (χ2n) is 4.43. The second kappa shape index (κ2) is 6.02. The van der Waals surface area contributed by atoms with Crippen molar-refractivity contribution < 1.29 is 0 Å². The van der Waals surface area contributed by atoms with Crippen LogP contribution in [0.2, 0.25) is 10.0 Å². The van der Waals surface area contributed by atoms with E-state index in [1.807, 2.05) is 12.1 Å². The van der Waals surface area contributed by atoms with Gasteiger partial charge in [-0.1, -0.05) is 35.3 Å². The zero-order valence-electron chi connectivity index (χ0n) is 10.4. The Bertz CT molecular complexity index is 707. The van der Waals surface area contributed by atoms with E-state index in [0.717, 1.165) is 5.56 Å². The predicted molar refractivity (Wildman–Crippen MR) is 89.9 cm³/mol. The number of fused-ring (bicyclic) bond motifs is 1. The van der Waals surface area contributed by atoms with Crippen molar-refractivity contribution in [3.8, 4) is 0 Å². The van der Waals surface area contributed by atoms with Gasteiger partial charge in [-0.2, -0.15) is 0 Å². The number of rotatable bonds is 4. The minimum Gasteiger partial charge on any atom is -0.271 e. The number of nitrogens with one attached hydrogen (secondary N) is 1. The lowest BCUT2D eigenvalue weighted by Crippen LogP contribution is -2.29. The highest BCUT2D eigenvalue weighted by molar-refractivity contribution is 7.26. The highest BCUT2D eigenvalue weighted by atomic mass is 35.5. The van der Waals surface area contributed by atoms with Gasteiger partial charge in [0.05, 0.1) is 16.1 Å². The largest absolute Gasteiger partial charge is 0.271 e. The molecule has 3 aromatic rings. The van der Waals surface area contributed by atoms with Gasteiger partial charge in [0.2, 0.25) is 0 Å². The molecule has 0 radical (unpaired) electrons. The van der Waals surface area contributed by atoms with Crippen LogP contribution in [0.4, 0.5) is 0 Å². The first kappa shape index (κ1) is 14.3. The summed E-state index contributed by atoms with van der Waals surface area (Å²) in [6, 6.07) is 10.0. The molecule has 0 spiro atoms. The minimum atomic E-state index is 0.0376. The lowest BCUT2D eigenvalue weighted by atomic mass is 10.1. The maximum atomic E-state index is 6.24. The van der Waals surface area contributed by atoms with E-state index in [4.69, 9.17) is 29.0 Å². The number of halogens is 2. The summed E-state index contributed by atoms with van der Waals surface area (Å²) in [5, 5.41) is 3.28. The Labute approximate surface area is 135 Å². The van der Waals surface area contributed by atoms with Crippen molar-refractivity contribution >= 4 is 55.3 Å². The Morgan fingerprint density at radius 1 is 1.20 bits per heavy atom. The van der Waals surface area contributed by atoms with Gasteiger partial charge in [-0.3, -0.25) is 11.3 Å². The van der Waals surface area contributed by atoms with Crippen LogP contribution in [0.15, 0.2) is 35.7 Å². The monoisotopic (exact) mass is 342 g/mol. The summed E-state index contributed by atoms with van der Waals surface area (Å²) in [6.45, 7) is 0. The summed E-state index contributed by atoms with van der Waals surface area (Å²) in [6.07, 6.45) is 0.712. The van der Waals surface area contributed by atoms with Gasteiger partial charge in [-0.15, -0.1) is 22.7 Å². The lowest BCUT2D eigenvalue weighted by molar-refractivity contribution is 0.561. The van der Waals surface area contributed by atoms with Crippen molar-refractivity contribution in [3.05, 3.63) is 56.2 Å². The minimum absolute atomic E-state index is 0.0376. The van der Waals surface area contributed by atoms with Crippen molar-refractivity contribution in [2.75, 3.05) is 0 Å². The highest BCUT2D eigenvalue weighted by Gasteiger charge is 2.16. The van der Waals surface area contributed by atoms with Crippen LogP contribution in [0.3, 0.4) is 0 Å². The van der Waals surface area contributed by atoms with Crippen molar-refractivity contribution in [2.24, 2.45) is 5.84 Å². The van der Waals surface area contributed by atoms with Crippen molar-refractivity contribution in [1.82, 2.24) is 5.43 Å². The van der Waals surface area contributed by atoms with Crippen molar-refractivity contribution in [3.63, 3.8) is 0 Å². The SMILES string of the molecule is NNC(Cc1cccc(Cl)c1Cl)c1cc2sccc2s1. The quantitative estimate of drug-likeness (QED) is 0.516. The number of thiophene rings is 2. The molecule has 0 aliphatic rings. The van der Waals surface area contributed by atoms with E-state index in [0.29, 0.717) is 16.5 Å². The van der Waals surface area contributed by atoms with Gasteiger partial charge < -0.3 is 0 Å². The molecule has 0 aliphatic carbocycles. The number of nitrogens with two attached hydrogens (primary N) is 1. The summed E-state index contributed by atoms with van der Waals surface area (Å²) >= 11 is 15.8. The normalized spacial score (nSPS) is 12.9. The van der Waals surface area contributed by atoms with Crippen LogP contribution in [0.5, 0.6) is 0 Å². The molecule has 6 heteroatoms. The Kier molecular flexibility index (Phi) is 4.31. The van der Waals surface area contributed by atoms with Crippen LogP contribution in [0, 0.1) is 0 Å². The van der Waals surface area contributed by atoms with E-state index in [1.165, 1.54) is 14.3 Å². The van der Waals surface area contributed by atoms with Gasteiger partial charge >= 0.3 is 0 Å². The summed E-state index contributed by atoms with van der Waals surface area (Å²) in [7, 11) is 0. The van der Waals surface area contributed by atoms with E-state index in [2.05, 4.69) is 22.9 Å². The summed E-state index contributed by atoms with van der Waals surface area (Å²) in [4.78, 5) is 1.21. The number of hydrazine groups is 1. The van der Waals surface area contributed by atoms with E-state index >= 15 is 0 Å². The van der Waals surface area contributed by atoms with Gasteiger partial charge in [-0.05, 0) is 35.6 Å². The highest BCUT2D eigenvalue weighted by Crippen LogP contribution is 2.35. The number of hydrogen-bond donors (Lipinski definition) is 2. The average molecular weight is 343 g/mol. The average Bonchev–Trinajstić information content (AvgIpc) is 3.01. The van der Waals surface area contributed by atoms with Crippen LogP contribution < -0.4 is 11.3 Å². The molecule has 0 aliphatic heterocycles. The third kappa shape index (κ3) is 2.72. The van der Waals surface area contributed by atoms with Gasteiger partial charge in [0, 0.05) is 14.3 Å². The molecule has 104 valence electrons. The Balaban J connectivity index is 1.90. The van der Waals surface area contributed by atoms with Crippen LogP contribution in [-0.2, 0) is 6.42 Å². The van der Waals surface area contributed by atoms with E-state index in [9.17, 15) is 0 Å². The third-order valence-electron chi connectivity index (χ3n) is 3.16. The Morgan fingerprint density at radius 3 is 2.80 bits per heavy atom. The third-order valence-corrected chi connectivity index (χ3v) is 6.22. The van der Waals surface area contributed by atoms with Gasteiger partial charge in [0.1, 0.15) is 0 Å². The maximum Gasteiger partial charge on any atom is 0.0625 e. The van der Waals surface area contributed by atoms with Gasteiger partial charge in [0.25, 0.3) is 0 Å². The molecule has 0 fully saturated rings. The standard InChI is InChI=1S/C14H12Cl2N2S2/c15-9-3-1-2-8(14(9)16)6-10(18-17)12-7-13-11(20-12)4-5-19-13/h1-5,7,10,18H,6,17H2. The first-order chi connectivity index (χ1) is 9.69. The number of benzene rings is 1. The topological polar surface area (TPSA) is 38.0 Å². The van der Waals surface area contributed by atoms with Crippen LogP contribution in [0.25, 0.3) is 9.40 Å². The molecule has 2 nitrogen and oxygen atoms in total. The van der Waals surface area contributed by atoms with E-state index < -0.39 is 0 Å². The molecule has 0 saturated heterocycles. The van der Waals surface area contributed by atoms with Crippen molar-refractivity contribution in [2.45, 2.75) is 12.5 Å².